The predicted molar refractivity (Wildman–Crippen MR) is 107 cm³/mol. The second-order valence-corrected chi connectivity index (χ2v) is 8.47. The van der Waals surface area contributed by atoms with E-state index in [1.54, 1.807) is 13.8 Å². The maximum atomic E-state index is 12.4. The Labute approximate surface area is 175 Å². The van der Waals surface area contributed by atoms with Gasteiger partial charge in [-0.1, -0.05) is 30.3 Å². The molecule has 1 aromatic carbocycles. The monoisotopic (exact) mass is 441 g/mol. The number of nitrogens with two attached hydrogens (primary N) is 1. The van der Waals surface area contributed by atoms with Crippen molar-refractivity contribution in [2.24, 2.45) is 5.73 Å². The highest BCUT2D eigenvalue weighted by molar-refractivity contribution is 7.83. The van der Waals surface area contributed by atoms with E-state index in [1.807, 2.05) is 35.1 Å². The van der Waals surface area contributed by atoms with Crippen molar-refractivity contribution in [3.63, 3.8) is 0 Å². The number of hydrogen-bond donors (Lipinski definition) is 4. The van der Waals surface area contributed by atoms with Crippen LogP contribution in [0.2, 0.25) is 0 Å². The van der Waals surface area contributed by atoms with E-state index in [-0.39, 0.29) is 19.7 Å². The van der Waals surface area contributed by atoms with E-state index in [2.05, 4.69) is 20.8 Å². The second-order valence-electron chi connectivity index (χ2n) is 7.23. The van der Waals surface area contributed by atoms with Crippen LogP contribution in [0.1, 0.15) is 37.7 Å². The highest BCUT2D eigenvalue weighted by Gasteiger charge is 2.28. The fourth-order valence-electron chi connectivity index (χ4n) is 2.44. The molecule has 5 N–H and O–H groups in total. The van der Waals surface area contributed by atoms with Crippen LogP contribution < -0.4 is 15.8 Å². The van der Waals surface area contributed by atoms with Crippen molar-refractivity contribution in [3.05, 3.63) is 41.7 Å². The first-order chi connectivity index (χ1) is 14.1. The molecule has 0 saturated heterocycles. The number of amides is 1. The topological polar surface area (TPSA) is 174 Å². The van der Waals surface area contributed by atoms with Crippen LogP contribution in [-0.4, -0.2) is 57.8 Å². The van der Waals surface area contributed by atoms with Crippen molar-refractivity contribution in [3.8, 4) is 0 Å². The number of rotatable bonds is 12. The minimum absolute atomic E-state index is 0.00447. The van der Waals surface area contributed by atoms with Crippen LogP contribution in [0.4, 0.5) is 0 Å². The van der Waals surface area contributed by atoms with Crippen molar-refractivity contribution >= 4 is 16.2 Å². The van der Waals surface area contributed by atoms with Crippen molar-refractivity contribution in [2.45, 2.75) is 45.0 Å². The molecule has 0 radical (unpaired) electrons. The minimum Gasteiger partial charge on any atom is -0.374 e. The van der Waals surface area contributed by atoms with Gasteiger partial charge in [0.1, 0.15) is 6.04 Å². The van der Waals surface area contributed by atoms with Gasteiger partial charge in [-0.3, -0.25) is 9.35 Å². The molecule has 0 bridgehead atoms. The van der Waals surface area contributed by atoms with Gasteiger partial charge < -0.3 is 15.8 Å². The summed E-state index contributed by atoms with van der Waals surface area (Å²) in [6.45, 7) is 3.83. The average molecular weight is 442 g/mol. The number of hydrogen-bond acceptors (Lipinski definition) is 8. The summed E-state index contributed by atoms with van der Waals surface area (Å²) in [6, 6.07) is 8.87. The molecule has 0 spiro atoms. The summed E-state index contributed by atoms with van der Waals surface area (Å²) in [7, 11) is -4.26. The second kappa shape index (κ2) is 10.5. The smallest absolute Gasteiger partial charge is 0.333 e. The molecule has 12 nitrogen and oxygen atoms in total. The lowest BCUT2D eigenvalue weighted by atomic mass is 10.1. The standard InChI is InChI=1S/C17H27N7O5S/c1-17(2,18)16(25)20-14(12-29-11-13-7-4-3-5-8-13)15-21-22-23-24(15)10-6-9-19-30(26,27)28/h3-5,7-8,14,19H,6,9-12,18H2,1-2H3,(H,20,25)(H,26,27,28)/t14-/m1/s1. The largest absolute Gasteiger partial charge is 0.374 e. The predicted octanol–water partition coefficient (Wildman–Crippen LogP) is -0.433. The Bertz CT molecular complexity index is 912. The van der Waals surface area contributed by atoms with Gasteiger partial charge in [-0.25, -0.2) is 4.68 Å². The highest BCUT2D eigenvalue weighted by atomic mass is 32.2. The molecule has 0 aliphatic rings. The number of tetrazole rings is 1. The van der Waals surface area contributed by atoms with Gasteiger partial charge >= 0.3 is 10.3 Å². The number of ether oxygens (including phenoxy) is 1. The molecule has 166 valence electrons. The van der Waals surface area contributed by atoms with E-state index >= 15 is 0 Å². The van der Waals surface area contributed by atoms with Gasteiger partial charge in [0.05, 0.1) is 18.8 Å². The first-order valence-corrected chi connectivity index (χ1v) is 10.7. The number of nitrogens with zero attached hydrogens (tertiary/aromatic N) is 4. The molecule has 1 heterocycles. The summed E-state index contributed by atoms with van der Waals surface area (Å²) in [4.78, 5) is 12.4. The van der Waals surface area contributed by atoms with Gasteiger partial charge in [0.2, 0.25) is 5.91 Å². The Morgan fingerprint density at radius 2 is 2.03 bits per heavy atom. The van der Waals surface area contributed by atoms with E-state index in [9.17, 15) is 13.2 Å². The van der Waals surface area contributed by atoms with E-state index in [0.717, 1.165) is 5.56 Å². The summed E-state index contributed by atoms with van der Waals surface area (Å²) >= 11 is 0. The molecule has 0 aliphatic carbocycles. The van der Waals surface area contributed by atoms with Gasteiger partial charge in [-0.15, -0.1) is 5.10 Å². The number of carbonyl (C=O) groups is 1. The first kappa shape index (κ1) is 23.8. The Balaban J connectivity index is 2.06. The summed E-state index contributed by atoms with van der Waals surface area (Å²) in [5, 5.41) is 14.3. The number of nitrogens with one attached hydrogen (secondary N) is 2. The Hall–Kier alpha value is -2.45. The molecule has 0 fully saturated rings. The molecule has 2 rings (SSSR count). The molecule has 0 aliphatic heterocycles. The SMILES string of the molecule is CC(C)(N)C(=O)N[C@H](COCc1ccccc1)c1nnnn1CCCNS(=O)(=O)O. The van der Waals surface area contributed by atoms with Crippen molar-refractivity contribution in [1.82, 2.24) is 30.2 Å². The van der Waals surface area contributed by atoms with Crippen LogP contribution in [0.5, 0.6) is 0 Å². The number of benzene rings is 1. The molecule has 1 amide bonds. The molecule has 1 aromatic heterocycles. The average Bonchev–Trinajstić information content (AvgIpc) is 3.12. The normalized spacial score (nSPS) is 13.2. The highest BCUT2D eigenvalue weighted by Crippen LogP contribution is 2.13. The maximum absolute atomic E-state index is 12.4. The van der Waals surface area contributed by atoms with Crippen LogP contribution in [0.25, 0.3) is 0 Å². The van der Waals surface area contributed by atoms with E-state index in [0.29, 0.717) is 18.9 Å². The van der Waals surface area contributed by atoms with E-state index < -0.39 is 27.8 Å². The van der Waals surface area contributed by atoms with Gasteiger partial charge in [-0.2, -0.15) is 13.1 Å². The molecule has 0 saturated carbocycles. The zero-order valence-corrected chi connectivity index (χ0v) is 17.7. The van der Waals surface area contributed by atoms with Crippen LogP contribution in [0, 0.1) is 0 Å². The summed E-state index contributed by atoms with van der Waals surface area (Å²) < 4.78 is 39.4. The van der Waals surface area contributed by atoms with Gasteiger partial charge in [0.15, 0.2) is 5.82 Å². The molecule has 13 heteroatoms. The molecule has 30 heavy (non-hydrogen) atoms. The Morgan fingerprint density at radius 1 is 1.33 bits per heavy atom. The lowest BCUT2D eigenvalue weighted by Gasteiger charge is -2.23. The number of aryl methyl sites for hydroxylation is 1. The third kappa shape index (κ3) is 8.12. The quantitative estimate of drug-likeness (QED) is 0.251. The van der Waals surface area contributed by atoms with Gasteiger partial charge in [0.25, 0.3) is 0 Å². The molecular formula is C17H27N7O5S. The summed E-state index contributed by atoms with van der Waals surface area (Å²) in [5.41, 5.74) is 5.73. The molecule has 1 atom stereocenters. The third-order valence-electron chi connectivity index (χ3n) is 3.99. The van der Waals surface area contributed by atoms with Crippen molar-refractivity contribution in [1.29, 1.82) is 0 Å². The Morgan fingerprint density at radius 3 is 2.67 bits per heavy atom. The lowest BCUT2D eigenvalue weighted by Crippen LogP contribution is -2.51. The van der Waals surface area contributed by atoms with Gasteiger partial charge in [-0.05, 0) is 36.3 Å². The van der Waals surface area contributed by atoms with Crippen LogP contribution in [0.3, 0.4) is 0 Å². The van der Waals surface area contributed by atoms with Crippen LogP contribution in [0.15, 0.2) is 30.3 Å². The fraction of sp³-hybridized carbons (Fsp3) is 0.529. The number of carbonyl (C=O) groups excluding carboxylic acids is 1. The van der Waals surface area contributed by atoms with E-state index in [4.69, 9.17) is 15.0 Å². The fourth-order valence-corrected chi connectivity index (χ4v) is 2.85. The first-order valence-electron chi connectivity index (χ1n) is 9.26. The summed E-state index contributed by atoms with van der Waals surface area (Å²) in [5.74, 6) is -0.0640. The Kier molecular flexibility index (Phi) is 8.37. The molecular weight excluding hydrogens is 414 g/mol. The zero-order chi connectivity index (χ0) is 22.2. The third-order valence-corrected chi connectivity index (χ3v) is 4.56. The molecule has 0 unspecified atom stereocenters. The van der Waals surface area contributed by atoms with Gasteiger partial charge in [0, 0.05) is 13.1 Å². The lowest BCUT2D eigenvalue weighted by molar-refractivity contribution is -0.126. The maximum Gasteiger partial charge on any atom is 0.333 e. The molecule has 2 aromatic rings. The van der Waals surface area contributed by atoms with Crippen LogP contribution >= 0.6 is 0 Å². The minimum atomic E-state index is -4.26. The van der Waals surface area contributed by atoms with Crippen molar-refractivity contribution < 1.29 is 22.5 Å². The van der Waals surface area contributed by atoms with E-state index in [1.165, 1.54) is 4.68 Å². The van der Waals surface area contributed by atoms with Crippen molar-refractivity contribution in [2.75, 3.05) is 13.2 Å². The van der Waals surface area contributed by atoms with Crippen LogP contribution in [-0.2, 0) is 33.0 Å². The summed E-state index contributed by atoms with van der Waals surface area (Å²) in [6.07, 6.45) is 0.311. The number of aromatic nitrogens is 4. The zero-order valence-electron chi connectivity index (χ0n) is 16.9.